The number of pyridine rings is 1. The van der Waals surface area contributed by atoms with Gasteiger partial charge >= 0.3 is 5.97 Å². The van der Waals surface area contributed by atoms with Gasteiger partial charge in [-0.3, -0.25) is 14.7 Å². The summed E-state index contributed by atoms with van der Waals surface area (Å²) < 4.78 is 5.59. The van der Waals surface area contributed by atoms with E-state index in [9.17, 15) is 14.9 Å². The predicted octanol–water partition coefficient (Wildman–Crippen LogP) is 5.50. The zero-order chi connectivity index (χ0) is 27.1. The number of aryl methyl sites for hydroxylation is 1. The van der Waals surface area contributed by atoms with Gasteiger partial charge < -0.3 is 10.1 Å². The standard InChI is InChI=1S/C31H28N4O3S/c1-18(2)35-14-13-26-24(16-35)28(22-9-5-6-10-25(22)33-26)31(37)38-17-27(36)34-30-23(15-32)21-12-11-19-7-3-4-8-20(19)29(21)39-30/h3-10,18H,11-14,16-17H2,1-2H3,(H,34,36). The highest BCUT2D eigenvalue weighted by Crippen LogP contribution is 2.44. The average molecular weight is 537 g/mol. The van der Waals surface area contributed by atoms with Crippen molar-refractivity contribution in [1.29, 1.82) is 5.26 Å². The molecule has 3 heterocycles. The molecule has 2 aromatic carbocycles. The van der Waals surface area contributed by atoms with Crippen LogP contribution in [-0.4, -0.2) is 41.0 Å². The Morgan fingerprint density at radius 1 is 1.10 bits per heavy atom. The normalized spacial score (nSPS) is 14.3. The molecule has 39 heavy (non-hydrogen) atoms. The number of carbonyl (C=O) groups excluding carboxylic acids is 2. The number of rotatable bonds is 5. The van der Waals surface area contributed by atoms with E-state index in [1.165, 1.54) is 16.9 Å². The van der Waals surface area contributed by atoms with Crippen LogP contribution in [0, 0.1) is 11.3 Å². The Kier molecular flexibility index (Phi) is 6.63. The van der Waals surface area contributed by atoms with Crippen LogP contribution in [0.5, 0.6) is 0 Å². The molecule has 6 rings (SSSR count). The summed E-state index contributed by atoms with van der Waals surface area (Å²) in [7, 11) is 0. The molecule has 1 aliphatic carbocycles. The number of benzene rings is 2. The molecule has 1 amide bonds. The van der Waals surface area contributed by atoms with Crippen molar-refractivity contribution in [2.45, 2.75) is 45.7 Å². The molecule has 0 unspecified atom stereocenters. The van der Waals surface area contributed by atoms with Crippen molar-refractivity contribution in [3.63, 3.8) is 0 Å². The van der Waals surface area contributed by atoms with E-state index in [0.717, 1.165) is 64.0 Å². The average Bonchev–Trinajstić information content (AvgIpc) is 3.31. The summed E-state index contributed by atoms with van der Waals surface area (Å²) in [5.74, 6) is -1.01. The maximum Gasteiger partial charge on any atom is 0.339 e. The van der Waals surface area contributed by atoms with E-state index in [-0.39, 0.29) is 0 Å². The van der Waals surface area contributed by atoms with Gasteiger partial charge in [0.1, 0.15) is 11.1 Å². The fraction of sp³-hybridized carbons (Fsp3) is 0.290. The van der Waals surface area contributed by atoms with E-state index >= 15 is 0 Å². The highest BCUT2D eigenvalue weighted by atomic mass is 32.1. The fourth-order valence-corrected chi connectivity index (χ4v) is 6.87. The monoisotopic (exact) mass is 536 g/mol. The number of nitrogens with zero attached hydrogens (tertiary/aromatic N) is 3. The highest BCUT2D eigenvalue weighted by molar-refractivity contribution is 7.20. The van der Waals surface area contributed by atoms with Crippen molar-refractivity contribution in [3.8, 4) is 16.5 Å². The first-order chi connectivity index (χ1) is 18.9. The van der Waals surface area contributed by atoms with Gasteiger partial charge in [-0.2, -0.15) is 5.26 Å². The molecule has 1 aliphatic heterocycles. The number of hydrogen-bond acceptors (Lipinski definition) is 7. The lowest BCUT2D eigenvalue weighted by molar-refractivity contribution is -0.119. The van der Waals surface area contributed by atoms with Gasteiger partial charge in [-0.25, -0.2) is 4.79 Å². The number of esters is 1. The molecule has 0 saturated carbocycles. The molecule has 0 spiro atoms. The van der Waals surface area contributed by atoms with Gasteiger partial charge in [0, 0.05) is 47.1 Å². The molecular weight excluding hydrogens is 508 g/mol. The molecule has 1 N–H and O–H groups in total. The Bertz CT molecular complexity index is 1670. The van der Waals surface area contributed by atoms with Crippen LogP contribution in [-0.2, 0) is 35.3 Å². The first-order valence-corrected chi connectivity index (χ1v) is 14.0. The van der Waals surface area contributed by atoms with Crippen molar-refractivity contribution in [1.82, 2.24) is 9.88 Å². The van der Waals surface area contributed by atoms with Gasteiger partial charge in [-0.05, 0) is 49.4 Å². The Labute approximate surface area is 231 Å². The number of fused-ring (bicyclic) bond motifs is 5. The lowest BCUT2D eigenvalue weighted by Crippen LogP contribution is -2.37. The molecule has 0 fully saturated rings. The van der Waals surface area contributed by atoms with Crippen LogP contribution in [0.15, 0.2) is 48.5 Å². The van der Waals surface area contributed by atoms with Gasteiger partial charge in [0.2, 0.25) is 0 Å². The van der Waals surface area contributed by atoms with E-state index < -0.39 is 18.5 Å². The minimum absolute atomic E-state index is 0.331. The second-order valence-corrected chi connectivity index (χ2v) is 11.3. The zero-order valence-electron chi connectivity index (χ0n) is 21.9. The largest absolute Gasteiger partial charge is 0.452 e. The third kappa shape index (κ3) is 4.58. The number of ether oxygens (including phenoxy) is 1. The van der Waals surface area contributed by atoms with Crippen molar-refractivity contribution in [2.75, 3.05) is 18.5 Å². The Balaban J connectivity index is 1.24. The molecule has 2 aliphatic rings. The minimum Gasteiger partial charge on any atom is -0.452 e. The van der Waals surface area contributed by atoms with Gasteiger partial charge in [0.05, 0.1) is 16.6 Å². The number of thiophene rings is 1. The van der Waals surface area contributed by atoms with Crippen LogP contribution in [0.25, 0.3) is 21.3 Å². The second kappa shape index (κ2) is 10.3. The highest BCUT2D eigenvalue weighted by Gasteiger charge is 2.29. The van der Waals surface area contributed by atoms with E-state index in [1.807, 2.05) is 36.4 Å². The lowest BCUT2D eigenvalue weighted by Gasteiger charge is -2.32. The van der Waals surface area contributed by atoms with Crippen LogP contribution < -0.4 is 5.32 Å². The van der Waals surface area contributed by atoms with Crippen LogP contribution in [0.1, 0.15) is 52.2 Å². The maximum absolute atomic E-state index is 13.5. The molecule has 8 heteroatoms. The van der Waals surface area contributed by atoms with E-state index in [2.05, 4.69) is 42.3 Å². The topological polar surface area (TPSA) is 95.3 Å². The SMILES string of the molecule is CC(C)N1CCc2nc3ccccc3c(C(=O)OCC(=O)Nc3sc4c(c3C#N)CCc3ccccc3-4)c2C1. The number of anilines is 1. The minimum atomic E-state index is -0.537. The summed E-state index contributed by atoms with van der Waals surface area (Å²) in [6.45, 7) is 5.32. The third-order valence-corrected chi connectivity index (χ3v) is 8.80. The number of aromatic nitrogens is 1. The van der Waals surface area contributed by atoms with Gasteiger partial charge in [0.25, 0.3) is 5.91 Å². The summed E-state index contributed by atoms with van der Waals surface area (Å²) in [5.41, 5.74) is 6.82. The molecule has 0 radical (unpaired) electrons. The summed E-state index contributed by atoms with van der Waals surface area (Å²) in [6.07, 6.45) is 2.37. The fourth-order valence-electron chi connectivity index (χ4n) is 5.60. The quantitative estimate of drug-likeness (QED) is 0.339. The lowest BCUT2D eigenvalue weighted by atomic mass is 9.90. The smallest absolute Gasteiger partial charge is 0.339 e. The molecular formula is C31H28N4O3S. The van der Waals surface area contributed by atoms with E-state index in [1.54, 1.807) is 0 Å². The third-order valence-electron chi connectivity index (χ3n) is 7.62. The number of nitriles is 1. The Morgan fingerprint density at radius 3 is 2.72 bits per heavy atom. The van der Waals surface area contributed by atoms with Gasteiger partial charge in [-0.15, -0.1) is 11.3 Å². The molecule has 0 atom stereocenters. The number of hydrogen-bond donors (Lipinski definition) is 1. The zero-order valence-corrected chi connectivity index (χ0v) is 22.7. The maximum atomic E-state index is 13.5. The summed E-state index contributed by atoms with van der Waals surface area (Å²) in [4.78, 5) is 34.6. The van der Waals surface area contributed by atoms with Gasteiger partial charge in [-0.1, -0.05) is 42.5 Å². The first kappa shape index (κ1) is 25.2. The Morgan fingerprint density at radius 2 is 1.90 bits per heavy atom. The van der Waals surface area contributed by atoms with Crippen LogP contribution in [0.3, 0.4) is 0 Å². The number of para-hydroxylation sites is 1. The first-order valence-electron chi connectivity index (χ1n) is 13.2. The summed E-state index contributed by atoms with van der Waals surface area (Å²) >= 11 is 1.40. The van der Waals surface area contributed by atoms with Gasteiger partial charge in [0.15, 0.2) is 6.61 Å². The molecule has 196 valence electrons. The van der Waals surface area contributed by atoms with Crippen molar-refractivity contribution >= 4 is 39.1 Å². The summed E-state index contributed by atoms with van der Waals surface area (Å²) in [5, 5.41) is 13.9. The summed E-state index contributed by atoms with van der Waals surface area (Å²) in [6, 6.07) is 18.3. The number of carbonyl (C=O) groups is 2. The van der Waals surface area contributed by atoms with Crippen LogP contribution >= 0.6 is 11.3 Å². The molecule has 0 bridgehead atoms. The molecule has 7 nitrogen and oxygen atoms in total. The van der Waals surface area contributed by atoms with Crippen molar-refractivity contribution < 1.29 is 14.3 Å². The number of nitrogens with one attached hydrogen (secondary N) is 1. The van der Waals surface area contributed by atoms with Crippen molar-refractivity contribution in [3.05, 3.63) is 82.0 Å². The van der Waals surface area contributed by atoms with E-state index in [4.69, 9.17) is 9.72 Å². The van der Waals surface area contributed by atoms with Crippen LogP contribution in [0.4, 0.5) is 5.00 Å². The van der Waals surface area contributed by atoms with Crippen molar-refractivity contribution in [2.24, 2.45) is 0 Å². The van der Waals surface area contributed by atoms with Crippen LogP contribution in [0.2, 0.25) is 0 Å². The molecule has 2 aromatic heterocycles. The Hall–Kier alpha value is -4.06. The molecule has 4 aromatic rings. The number of amides is 1. The van der Waals surface area contributed by atoms with E-state index in [0.29, 0.717) is 28.7 Å². The predicted molar refractivity (Wildman–Crippen MR) is 152 cm³/mol. The molecule has 0 saturated heterocycles. The second-order valence-electron chi connectivity index (χ2n) is 10.3.